The molecule has 2 amide bonds. The maximum Gasteiger partial charge on any atom is 0.248 e. The first-order chi connectivity index (χ1) is 14.0. The molecular weight excluding hydrogens is 374 g/mol. The van der Waals surface area contributed by atoms with Crippen LogP contribution in [0.5, 0.6) is 11.5 Å². The van der Waals surface area contributed by atoms with Gasteiger partial charge in [0, 0.05) is 30.8 Å². The van der Waals surface area contributed by atoms with Gasteiger partial charge in [-0.2, -0.15) is 0 Å². The zero-order chi connectivity index (χ0) is 21.1. The molecule has 8 nitrogen and oxygen atoms in total. The quantitative estimate of drug-likeness (QED) is 0.400. The van der Waals surface area contributed by atoms with E-state index in [0.29, 0.717) is 48.9 Å². The van der Waals surface area contributed by atoms with E-state index < -0.39 is 12.0 Å². The molecule has 5 N–H and O–H groups in total. The van der Waals surface area contributed by atoms with Crippen molar-refractivity contribution < 1.29 is 24.2 Å². The summed E-state index contributed by atoms with van der Waals surface area (Å²) < 4.78 is 11.1. The molecule has 0 aliphatic carbocycles. The summed E-state index contributed by atoms with van der Waals surface area (Å²) in [4.78, 5) is 22.3. The average molecular weight is 401 g/mol. The number of carbonyl (C=O) groups is 2. The summed E-state index contributed by atoms with van der Waals surface area (Å²) >= 11 is 0. The first-order valence-corrected chi connectivity index (χ1v) is 9.42. The summed E-state index contributed by atoms with van der Waals surface area (Å²) in [6.45, 7) is 3.24. The Morgan fingerprint density at radius 3 is 2.28 bits per heavy atom. The molecule has 0 saturated heterocycles. The molecule has 1 unspecified atom stereocenters. The molecule has 0 radical (unpaired) electrons. The number of hydrogen-bond acceptors (Lipinski definition) is 6. The van der Waals surface area contributed by atoms with E-state index in [4.69, 9.17) is 15.2 Å². The van der Waals surface area contributed by atoms with Crippen molar-refractivity contribution in [3.05, 3.63) is 54.1 Å². The molecule has 0 aliphatic rings. The Bertz CT molecular complexity index is 778. The van der Waals surface area contributed by atoms with E-state index in [0.717, 1.165) is 0 Å². The number of benzene rings is 2. The Morgan fingerprint density at radius 2 is 1.66 bits per heavy atom. The van der Waals surface area contributed by atoms with Crippen LogP contribution in [-0.4, -0.2) is 49.3 Å². The van der Waals surface area contributed by atoms with E-state index in [-0.39, 0.29) is 12.5 Å². The van der Waals surface area contributed by atoms with Crippen molar-refractivity contribution in [2.75, 3.05) is 31.6 Å². The molecule has 0 fully saturated rings. The highest BCUT2D eigenvalue weighted by Gasteiger charge is 2.06. The molecule has 156 valence electrons. The molecule has 0 bridgehead atoms. The van der Waals surface area contributed by atoms with Crippen molar-refractivity contribution >= 4 is 17.5 Å². The molecule has 1 atom stereocenters. The fourth-order valence-electron chi connectivity index (χ4n) is 2.36. The number of hydrogen-bond donors (Lipinski definition) is 4. The molecule has 2 rings (SSSR count). The monoisotopic (exact) mass is 401 g/mol. The molecule has 8 heteroatoms. The second-order valence-corrected chi connectivity index (χ2v) is 6.33. The summed E-state index contributed by atoms with van der Waals surface area (Å²) in [7, 11) is 0. The number of carbonyl (C=O) groups excluding carboxylic acids is 2. The van der Waals surface area contributed by atoms with Crippen molar-refractivity contribution in [3.8, 4) is 11.5 Å². The van der Waals surface area contributed by atoms with Crippen molar-refractivity contribution in [3.63, 3.8) is 0 Å². The number of aliphatic hydroxyl groups is 1. The van der Waals surface area contributed by atoms with Gasteiger partial charge in [-0.3, -0.25) is 9.59 Å². The third-order valence-corrected chi connectivity index (χ3v) is 3.97. The lowest BCUT2D eigenvalue weighted by Gasteiger charge is -2.14. The van der Waals surface area contributed by atoms with Crippen LogP contribution >= 0.6 is 0 Å². The third-order valence-electron chi connectivity index (χ3n) is 3.97. The summed E-state index contributed by atoms with van der Waals surface area (Å²) in [5.41, 5.74) is 6.32. The largest absolute Gasteiger partial charge is 0.492 e. The summed E-state index contributed by atoms with van der Waals surface area (Å²) in [5, 5.41) is 15.8. The van der Waals surface area contributed by atoms with E-state index >= 15 is 0 Å². The zero-order valence-corrected chi connectivity index (χ0v) is 16.4. The van der Waals surface area contributed by atoms with Gasteiger partial charge in [0.05, 0.1) is 0 Å². The molecular formula is C21H27N3O5. The second kappa shape index (κ2) is 11.7. The maximum atomic E-state index is 11.3. The van der Waals surface area contributed by atoms with Gasteiger partial charge in [-0.05, 0) is 48.5 Å². The van der Waals surface area contributed by atoms with E-state index in [1.807, 2.05) is 0 Å². The van der Waals surface area contributed by atoms with E-state index in [1.54, 1.807) is 55.5 Å². The van der Waals surface area contributed by atoms with Crippen LogP contribution in [0.2, 0.25) is 0 Å². The topological polar surface area (TPSA) is 123 Å². The van der Waals surface area contributed by atoms with Gasteiger partial charge >= 0.3 is 0 Å². The number of nitrogens with two attached hydrogens (primary N) is 1. The number of rotatable bonds is 12. The van der Waals surface area contributed by atoms with Crippen LogP contribution in [0.4, 0.5) is 5.69 Å². The lowest BCUT2D eigenvalue weighted by atomic mass is 10.2. The Kier molecular flexibility index (Phi) is 8.94. The van der Waals surface area contributed by atoms with Crippen molar-refractivity contribution in [1.82, 2.24) is 5.32 Å². The number of nitrogens with one attached hydrogen (secondary N) is 2. The molecule has 0 spiro atoms. The van der Waals surface area contributed by atoms with Crippen LogP contribution < -0.4 is 25.8 Å². The predicted molar refractivity (Wildman–Crippen MR) is 110 cm³/mol. The van der Waals surface area contributed by atoms with Crippen molar-refractivity contribution in [2.24, 2.45) is 5.73 Å². The Morgan fingerprint density at radius 1 is 1.03 bits per heavy atom. The maximum absolute atomic E-state index is 11.3. The number of aliphatic hydroxyl groups excluding tert-OH is 1. The minimum absolute atomic E-state index is 0.0492. The molecule has 0 saturated carbocycles. The number of ether oxygens (including phenoxy) is 2. The van der Waals surface area contributed by atoms with Gasteiger partial charge in [0.15, 0.2) is 0 Å². The fraction of sp³-hybridized carbons (Fsp3) is 0.333. The third kappa shape index (κ3) is 8.20. The number of amides is 2. The zero-order valence-electron chi connectivity index (χ0n) is 16.4. The molecule has 2 aromatic carbocycles. The summed E-state index contributed by atoms with van der Waals surface area (Å²) in [6.07, 6.45) is -0.256. The molecule has 2 aromatic rings. The Hall–Kier alpha value is -3.10. The van der Waals surface area contributed by atoms with Crippen LogP contribution in [0.15, 0.2) is 48.5 Å². The lowest BCUT2D eigenvalue weighted by molar-refractivity contribution is -0.115. The highest BCUT2D eigenvalue weighted by Crippen LogP contribution is 2.16. The summed E-state index contributed by atoms with van der Waals surface area (Å²) in [6, 6.07) is 13.6. The van der Waals surface area contributed by atoms with Gasteiger partial charge in [-0.15, -0.1) is 0 Å². The van der Waals surface area contributed by atoms with Gasteiger partial charge in [0.25, 0.3) is 0 Å². The van der Waals surface area contributed by atoms with Gasteiger partial charge in [-0.25, -0.2) is 0 Å². The van der Waals surface area contributed by atoms with Crippen LogP contribution in [0.3, 0.4) is 0 Å². The lowest BCUT2D eigenvalue weighted by Crippen LogP contribution is -2.33. The normalized spacial score (nSPS) is 11.5. The van der Waals surface area contributed by atoms with Gasteiger partial charge in [-0.1, -0.05) is 6.92 Å². The predicted octanol–water partition coefficient (Wildman–Crippen LogP) is 1.54. The van der Waals surface area contributed by atoms with Crippen LogP contribution in [0.25, 0.3) is 0 Å². The van der Waals surface area contributed by atoms with E-state index in [1.165, 1.54) is 0 Å². The SMILES string of the molecule is CCC(=O)Nc1ccc(OCC(O)CNCCOc2ccc(C(N)=O)cc2)cc1. The average Bonchev–Trinajstić information content (AvgIpc) is 2.73. The van der Waals surface area contributed by atoms with Crippen molar-refractivity contribution in [2.45, 2.75) is 19.4 Å². The fourth-order valence-corrected chi connectivity index (χ4v) is 2.36. The van der Waals surface area contributed by atoms with E-state index in [2.05, 4.69) is 10.6 Å². The standard InChI is InChI=1S/C21H27N3O5/c1-2-20(26)24-16-5-9-19(10-6-16)29-14-17(25)13-23-11-12-28-18-7-3-15(4-8-18)21(22)27/h3-10,17,23,25H,2,11-14H2,1H3,(H2,22,27)(H,24,26). The van der Waals surface area contributed by atoms with Crippen LogP contribution in [-0.2, 0) is 4.79 Å². The molecule has 29 heavy (non-hydrogen) atoms. The highest BCUT2D eigenvalue weighted by atomic mass is 16.5. The molecule has 0 aliphatic heterocycles. The number of anilines is 1. The van der Waals surface area contributed by atoms with Crippen molar-refractivity contribution in [1.29, 1.82) is 0 Å². The van der Waals surface area contributed by atoms with Gasteiger partial charge < -0.3 is 30.9 Å². The Balaban J connectivity index is 1.59. The Labute approximate surface area is 170 Å². The highest BCUT2D eigenvalue weighted by molar-refractivity contribution is 5.92. The van der Waals surface area contributed by atoms with Gasteiger partial charge in [0.1, 0.15) is 30.8 Å². The minimum Gasteiger partial charge on any atom is -0.492 e. The minimum atomic E-state index is -0.677. The number of primary amides is 1. The van der Waals surface area contributed by atoms with E-state index in [9.17, 15) is 14.7 Å². The molecule has 0 aromatic heterocycles. The molecule has 0 heterocycles. The van der Waals surface area contributed by atoms with Crippen LogP contribution in [0, 0.1) is 0 Å². The first-order valence-electron chi connectivity index (χ1n) is 9.42. The smallest absolute Gasteiger partial charge is 0.248 e. The second-order valence-electron chi connectivity index (χ2n) is 6.33. The first kappa shape index (κ1) is 22.2. The summed E-state index contributed by atoms with van der Waals surface area (Å²) in [5.74, 6) is 0.723. The van der Waals surface area contributed by atoms with Gasteiger partial charge in [0.2, 0.25) is 11.8 Å². The van der Waals surface area contributed by atoms with Crippen LogP contribution in [0.1, 0.15) is 23.7 Å².